The number of nitrogens with one attached hydrogen (secondary N) is 1. The van der Waals surface area contributed by atoms with Crippen molar-refractivity contribution in [2.75, 3.05) is 33.7 Å². The minimum Gasteiger partial charge on any atom is -0.390 e. The molecular formula is C13H28N2O. The van der Waals surface area contributed by atoms with E-state index in [1.807, 2.05) is 19.0 Å². The van der Waals surface area contributed by atoms with E-state index >= 15 is 0 Å². The molecule has 16 heavy (non-hydrogen) atoms. The molecule has 0 saturated heterocycles. The van der Waals surface area contributed by atoms with Gasteiger partial charge in [0.25, 0.3) is 0 Å². The summed E-state index contributed by atoms with van der Waals surface area (Å²) in [6, 6.07) is 0. The highest BCUT2D eigenvalue weighted by Gasteiger charge is 2.63. The van der Waals surface area contributed by atoms with E-state index in [4.69, 9.17) is 0 Å². The Bertz CT molecular complexity index is 222. The molecule has 0 radical (unpaired) electrons. The third-order valence-electron chi connectivity index (χ3n) is 4.62. The average molecular weight is 228 g/mol. The molecule has 0 bridgehead atoms. The quantitative estimate of drug-likeness (QED) is 0.716. The van der Waals surface area contributed by atoms with Crippen molar-refractivity contribution in [3.8, 4) is 0 Å². The molecule has 0 aromatic heterocycles. The van der Waals surface area contributed by atoms with Crippen molar-refractivity contribution in [1.29, 1.82) is 0 Å². The Morgan fingerprint density at radius 1 is 1.19 bits per heavy atom. The molecule has 1 fully saturated rings. The van der Waals surface area contributed by atoms with E-state index in [1.165, 1.54) is 0 Å². The minimum absolute atomic E-state index is 0.264. The summed E-state index contributed by atoms with van der Waals surface area (Å²) in [6.07, 6.45) is -0.264. The van der Waals surface area contributed by atoms with Gasteiger partial charge in [0.15, 0.2) is 0 Å². The van der Waals surface area contributed by atoms with E-state index < -0.39 is 0 Å². The van der Waals surface area contributed by atoms with Crippen LogP contribution < -0.4 is 5.32 Å². The highest BCUT2D eigenvalue weighted by atomic mass is 16.3. The van der Waals surface area contributed by atoms with Crippen molar-refractivity contribution < 1.29 is 5.11 Å². The van der Waals surface area contributed by atoms with Gasteiger partial charge in [-0.2, -0.15) is 0 Å². The van der Waals surface area contributed by atoms with E-state index in [9.17, 15) is 5.11 Å². The monoisotopic (exact) mass is 228 g/mol. The number of aliphatic hydroxyl groups excluding tert-OH is 1. The van der Waals surface area contributed by atoms with Gasteiger partial charge in [-0.3, -0.25) is 0 Å². The Hall–Kier alpha value is -0.120. The molecule has 0 spiro atoms. The van der Waals surface area contributed by atoms with E-state index in [0.29, 0.717) is 17.4 Å². The molecule has 3 nitrogen and oxygen atoms in total. The van der Waals surface area contributed by atoms with Crippen LogP contribution in [-0.4, -0.2) is 49.8 Å². The Morgan fingerprint density at radius 2 is 1.69 bits per heavy atom. The normalized spacial score (nSPS) is 24.8. The van der Waals surface area contributed by atoms with Crippen molar-refractivity contribution in [2.24, 2.45) is 16.7 Å². The molecule has 2 N–H and O–H groups in total. The lowest BCUT2D eigenvalue weighted by Gasteiger charge is -2.16. The van der Waals surface area contributed by atoms with Crippen molar-refractivity contribution in [1.82, 2.24) is 10.2 Å². The standard InChI is InChI=1S/C13H28N2O/c1-12(2)11(13(12,3)4)8-14-7-10(16)9-15(5)6/h10-11,14,16H,7-9H2,1-6H3. The van der Waals surface area contributed by atoms with Crippen LogP contribution in [0.1, 0.15) is 27.7 Å². The summed E-state index contributed by atoms with van der Waals surface area (Å²) < 4.78 is 0. The first-order chi connectivity index (χ1) is 7.19. The number of aliphatic hydroxyl groups is 1. The number of nitrogens with zero attached hydrogens (tertiary/aromatic N) is 1. The summed E-state index contributed by atoms with van der Waals surface area (Å²) in [5.74, 6) is 0.728. The Kier molecular flexibility index (Phi) is 4.04. The van der Waals surface area contributed by atoms with Crippen LogP contribution in [-0.2, 0) is 0 Å². The zero-order chi connectivity index (χ0) is 12.6. The van der Waals surface area contributed by atoms with Gasteiger partial charge < -0.3 is 15.3 Å². The highest BCUT2D eigenvalue weighted by Crippen LogP contribution is 2.67. The Morgan fingerprint density at radius 3 is 2.06 bits per heavy atom. The number of likely N-dealkylation sites (N-methyl/N-ethyl adjacent to an activating group) is 1. The molecule has 0 heterocycles. The fourth-order valence-corrected chi connectivity index (χ4v) is 2.72. The maximum Gasteiger partial charge on any atom is 0.0791 e. The van der Waals surface area contributed by atoms with Crippen LogP contribution in [0.4, 0.5) is 0 Å². The van der Waals surface area contributed by atoms with Crippen LogP contribution in [0, 0.1) is 16.7 Å². The summed E-state index contributed by atoms with van der Waals surface area (Å²) >= 11 is 0. The van der Waals surface area contributed by atoms with Crippen LogP contribution in [0.15, 0.2) is 0 Å². The van der Waals surface area contributed by atoms with Crippen molar-refractivity contribution in [3.63, 3.8) is 0 Å². The largest absolute Gasteiger partial charge is 0.390 e. The van der Waals surface area contributed by atoms with Gasteiger partial charge >= 0.3 is 0 Å². The van der Waals surface area contributed by atoms with Gasteiger partial charge in [0.05, 0.1) is 6.10 Å². The van der Waals surface area contributed by atoms with Gasteiger partial charge in [0, 0.05) is 13.1 Å². The molecule has 96 valence electrons. The molecule has 0 aromatic carbocycles. The second-order valence-electron chi connectivity index (χ2n) is 6.57. The Labute approximate surface area is 100 Å². The molecule has 1 atom stereocenters. The van der Waals surface area contributed by atoms with Gasteiger partial charge in [0.1, 0.15) is 0 Å². The molecule has 0 aromatic rings. The van der Waals surface area contributed by atoms with Crippen LogP contribution in [0.2, 0.25) is 0 Å². The van der Waals surface area contributed by atoms with E-state index in [2.05, 4.69) is 33.0 Å². The maximum absolute atomic E-state index is 9.71. The van der Waals surface area contributed by atoms with Gasteiger partial charge in [-0.1, -0.05) is 27.7 Å². The molecule has 1 unspecified atom stereocenters. The molecule has 0 amide bonds. The van der Waals surface area contributed by atoms with Crippen LogP contribution in [0.25, 0.3) is 0 Å². The van der Waals surface area contributed by atoms with E-state index in [-0.39, 0.29) is 6.10 Å². The molecule has 1 aliphatic carbocycles. The summed E-state index contributed by atoms with van der Waals surface area (Å²) in [7, 11) is 3.96. The third-order valence-corrected chi connectivity index (χ3v) is 4.62. The summed E-state index contributed by atoms with van der Waals surface area (Å²) in [6.45, 7) is 11.8. The zero-order valence-corrected chi connectivity index (χ0v) is 11.7. The second-order valence-corrected chi connectivity index (χ2v) is 6.57. The van der Waals surface area contributed by atoms with Gasteiger partial charge in [-0.25, -0.2) is 0 Å². The molecule has 1 saturated carbocycles. The lowest BCUT2D eigenvalue weighted by Crippen LogP contribution is -2.36. The molecule has 1 aliphatic rings. The Balaban J connectivity index is 2.18. The molecule has 0 aliphatic heterocycles. The topological polar surface area (TPSA) is 35.5 Å². The smallest absolute Gasteiger partial charge is 0.0791 e. The lowest BCUT2D eigenvalue weighted by molar-refractivity contribution is 0.134. The zero-order valence-electron chi connectivity index (χ0n) is 11.7. The maximum atomic E-state index is 9.71. The fraction of sp³-hybridized carbons (Fsp3) is 1.00. The average Bonchev–Trinajstić information content (AvgIpc) is 2.45. The first-order valence-electron chi connectivity index (χ1n) is 6.23. The summed E-state index contributed by atoms with van der Waals surface area (Å²) in [5.41, 5.74) is 0.874. The van der Waals surface area contributed by atoms with Crippen molar-refractivity contribution >= 4 is 0 Å². The molecular weight excluding hydrogens is 200 g/mol. The van der Waals surface area contributed by atoms with Gasteiger partial charge in [0.2, 0.25) is 0 Å². The fourth-order valence-electron chi connectivity index (χ4n) is 2.72. The van der Waals surface area contributed by atoms with Crippen LogP contribution in [0.5, 0.6) is 0 Å². The highest BCUT2D eigenvalue weighted by molar-refractivity contribution is 5.12. The second kappa shape index (κ2) is 4.63. The molecule has 3 heteroatoms. The lowest BCUT2D eigenvalue weighted by atomic mass is 10.0. The first-order valence-corrected chi connectivity index (χ1v) is 6.23. The minimum atomic E-state index is -0.264. The van der Waals surface area contributed by atoms with Crippen molar-refractivity contribution in [2.45, 2.75) is 33.8 Å². The van der Waals surface area contributed by atoms with Crippen molar-refractivity contribution in [3.05, 3.63) is 0 Å². The van der Waals surface area contributed by atoms with E-state index in [1.54, 1.807) is 0 Å². The number of hydrogen-bond donors (Lipinski definition) is 2. The van der Waals surface area contributed by atoms with Crippen LogP contribution in [0.3, 0.4) is 0 Å². The van der Waals surface area contributed by atoms with Gasteiger partial charge in [-0.05, 0) is 37.4 Å². The SMILES string of the molecule is CN(C)CC(O)CNCC1C(C)(C)C1(C)C. The predicted octanol–water partition coefficient (Wildman–Crippen LogP) is 1.18. The molecule has 1 rings (SSSR count). The van der Waals surface area contributed by atoms with E-state index in [0.717, 1.165) is 19.0 Å². The number of rotatable bonds is 6. The number of hydrogen-bond acceptors (Lipinski definition) is 3. The van der Waals surface area contributed by atoms with Gasteiger partial charge in [-0.15, -0.1) is 0 Å². The van der Waals surface area contributed by atoms with Crippen LogP contribution >= 0.6 is 0 Å². The summed E-state index contributed by atoms with van der Waals surface area (Å²) in [5, 5.41) is 13.1. The first kappa shape index (κ1) is 13.9. The third kappa shape index (κ3) is 2.76. The summed E-state index contributed by atoms with van der Waals surface area (Å²) in [4.78, 5) is 2.01. The predicted molar refractivity (Wildman–Crippen MR) is 68.5 cm³/mol.